The minimum atomic E-state index is -0.482. The van der Waals surface area contributed by atoms with Crippen molar-refractivity contribution in [3.8, 4) is 5.75 Å². The molecule has 0 saturated heterocycles. The van der Waals surface area contributed by atoms with Crippen LogP contribution in [-0.4, -0.2) is 37.2 Å². The predicted molar refractivity (Wildman–Crippen MR) is 95.5 cm³/mol. The molecule has 1 N–H and O–H groups in total. The van der Waals surface area contributed by atoms with Gasteiger partial charge in [0.25, 0.3) is 0 Å². The van der Waals surface area contributed by atoms with Gasteiger partial charge in [-0.1, -0.05) is 42.5 Å². The Morgan fingerprint density at radius 1 is 1.04 bits per heavy atom. The number of amides is 2. The summed E-state index contributed by atoms with van der Waals surface area (Å²) in [6.45, 7) is 2.51. The van der Waals surface area contributed by atoms with Gasteiger partial charge in [0, 0.05) is 6.54 Å². The summed E-state index contributed by atoms with van der Waals surface area (Å²) in [4.78, 5) is 25.7. The number of benzene rings is 2. The molecule has 2 aromatic rings. The quantitative estimate of drug-likeness (QED) is 0.784. The molecule has 6 heteroatoms. The van der Waals surface area contributed by atoms with Crippen LogP contribution in [0.25, 0.3) is 0 Å². The Morgan fingerprint density at radius 3 is 2.40 bits per heavy atom. The Kier molecular flexibility index (Phi) is 6.83. The summed E-state index contributed by atoms with van der Waals surface area (Å²) >= 11 is 0. The molecule has 6 nitrogen and oxygen atoms in total. The molecule has 0 spiro atoms. The molecule has 2 aromatic carbocycles. The van der Waals surface area contributed by atoms with Gasteiger partial charge < -0.3 is 19.7 Å². The first-order valence-corrected chi connectivity index (χ1v) is 8.02. The minimum absolute atomic E-state index is 0.145. The zero-order valence-electron chi connectivity index (χ0n) is 14.4. The summed E-state index contributed by atoms with van der Waals surface area (Å²) in [7, 11) is 1.30. The highest BCUT2D eigenvalue weighted by Gasteiger charge is 2.19. The minimum Gasteiger partial charge on any atom is -0.492 e. The molecule has 0 bridgehead atoms. The van der Waals surface area contributed by atoms with E-state index in [9.17, 15) is 9.59 Å². The summed E-state index contributed by atoms with van der Waals surface area (Å²) < 4.78 is 10.2. The van der Waals surface area contributed by atoms with Crippen LogP contribution in [0.1, 0.15) is 12.5 Å². The zero-order valence-corrected chi connectivity index (χ0v) is 14.4. The van der Waals surface area contributed by atoms with Gasteiger partial charge in [0.1, 0.15) is 12.3 Å². The van der Waals surface area contributed by atoms with E-state index in [0.717, 1.165) is 5.56 Å². The van der Waals surface area contributed by atoms with Gasteiger partial charge in [-0.2, -0.15) is 0 Å². The van der Waals surface area contributed by atoms with E-state index in [-0.39, 0.29) is 6.54 Å². The highest BCUT2D eigenvalue weighted by molar-refractivity contribution is 5.92. The number of para-hydroxylation sites is 2. The number of carbonyl (C=O) groups is 2. The number of hydrogen-bond donors (Lipinski definition) is 1. The average molecular weight is 342 g/mol. The van der Waals surface area contributed by atoms with Crippen molar-refractivity contribution in [3.05, 3.63) is 60.2 Å². The number of nitrogens with zero attached hydrogens (tertiary/aromatic N) is 1. The molecule has 0 radical (unpaired) electrons. The van der Waals surface area contributed by atoms with E-state index in [1.165, 1.54) is 12.0 Å². The topological polar surface area (TPSA) is 67.9 Å². The second kappa shape index (κ2) is 9.32. The maximum Gasteiger partial charge on any atom is 0.325 e. The third kappa shape index (κ3) is 5.53. The fourth-order valence-corrected chi connectivity index (χ4v) is 2.27. The summed E-state index contributed by atoms with van der Waals surface area (Å²) in [6.07, 6.45) is 0. The molecule has 0 aromatic heterocycles. The second-order valence-electron chi connectivity index (χ2n) is 5.28. The van der Waals surface area contributed by atoms with Crippen LogP contribution in [0.3, 0.4) is 0 Å². The van der Waals surface area contributed by atoms with Crippen molar-refractivity contribution in [2.24, 2.45) is 0 Å². The van der Waals surface area contributed by atoms with E-state index in [1.807, 2.05) is 43.3 Å². The normalized spacial score (nSPS) is 10.0. The van der Waals surface area contributed by atoms with E-state index in [1.54, 1.807) is 18.2 Å². The van der Waals surface area contributed by atoms with Crippen molar-refractivity contribution in [1.82, 2.24) is 4.90 Å². The molecule has 0 aliphatic rings. The fraction of sp³-hybridized carbons (Fsp3) is 0.263. The monoisotopic (exact) mass is 342 g/mol. The standard InChI is InChI=1S/C19H22N2O4/c1-3-25-17-12-8-7-11-16(17)20-19(23)21(14-18(22)24-2)13-15-9-5-4-6-10-15/h4-12H,3,13-14H2,1-2H3,(H,20,23). The van der Waals surface area contributed by atoms with E-state index < -0.39 is 12.0 Å². The van der Waals surface area contributed by atoms with Crippen LogP contribution in [0.2, 0.25) is 0 Å². The Morgan fingerprint density at radius 2 is 1.72 bits per heavy atom. The third-order valence-corrected chi connectivity index (χ3v) is 3.48. The van der Waals surface area contributed by atoms with E-state index in [2.05, 4.69) is 5.32 Å². The van der Waals surface area contributed by atoms with Gasteiger partial charge >= 0.3 is 12.0 Å². The largest absolute Gasteiger partial charge is 0.492 e. The Labute approximate surface area is 147 Å². The number of rotatable bonds is 7. The summed E-state index contributed by atoms with van der Waals surface area (Å²) in [5, 5.41) is 2.80. The van der Waals surface area contributed by atoms with Gasteiger partial charge in [0.05, 0.1) is 19.4 Å². The lowest BCUT2D eigenvalue weighted by Crippen LogP contribution is -2.38. The van der Waals surface area contributed by atoms with Crippen molar-refractivity contribution in [3.63, 3.8) is 0 Å². The first-order chi connectivity index (χ1) is 12.1. The zero-order chi connectivity index (χ0) is 18.1. The van der Waals surface area contributed by atoms with Gasteiger partial charge in [0.15, 0.2) is 0 Å². The Balaban J connectivity index is 2.15. The Hall–Kier alpha value is -3.02. The summed E-state index contributed by atoms with van der Waals surface area (Å²) in [5.74, 6) is 0.0975. The highest BCUT2D eigenvalue weighted by Crippen LogP contribution is 2.24. The molecule has 0 atom stereocenters. The van der Waals surface area contributed by atoms with Crippen LogP contribution in [0, 0.1) is 0 Å². The molecular weight excluding hydrogens is 320 g/mol. The van der Waals surface area contributed by atoms with Crippen LogP contribution >= 0.6 is 0 Å². The lowest BCUT2D eigenvalue weighted by atomic mass is 10.2. The van der Waals surface area contributed by atoms with Crippen LogP contribution < -0.4 is 10.1 Å². The number of carbonyl (C=O) groups excluding carboxylic acids is 2. The van der Waals surface area contributed by atoms with Crippen molar-refractivity contribution >= 4 is 17.7 Å². The number of ether oxygens (including phenoxy) is 2. The lowest BCUT2D eigenvalue weighted by Gasteiger charge is -2.22. The number of hydrogen-bond acceptors (Lipinski definition) is 4. The molecule has 0 saturated carbocycles. The Bertz CT molecular complexity index is 704. The molecule has 0 fully saturated rings. The van der Waals surface area contributed by atoms with Gasteiger partial charge in [-0.15, -0.1) is 0 Å². The summed E-state index contributed by atoms with van der Waals surface area (Å²) in [5.41, 5.74) is 1.47. The predicted octanol–water partition coefficient (Wildman–Crippen LogP) is 3.29. The van der Waals surface area contributed by atoms with Crippen LogP contribution in [0.15, 0.2) is 54.6 Å². The molecular formula is C19H22N2O4. The molecule has 0 heterocycles. The van der Waals surface area contributed by atoms with Crippen molar-refractivity contribution < 1.29 is 19.1 Å². The number of urea groups is 1. The van der Waals surface area contributed by atoms with E-state index in [4.69, 9.17) is 9.47 Å². The third-order valence-electron chi connectivity index (χ3n) is 3.48. The molecule has 2 rings (SSSR count). The average Bonchev–Trinajstić information content (AvgIpc) is 2.63. The van der Waals surface area contributed by atoms with Crippen LogP contribution in [0.5, 0.6) is 5.75 Å². The maximum atomic E-state index is 12.7. The first kappa shape index (κ1) is 18.3. The maximum absolute atomic E-state index is 12.7. The van der Waals surface area contributed by atoms with Crippen molar-refractivity contribution in [1.29, 1.82) is 0 Å². The fourth-order valence-electron chi connectivity index (χ4n) is 2.27. The molecule has 2 amide bonds. The molecule has 132 valence electrons. The van der Waals surface area contributed by atoms with Gasteiger partial charge in [-0.05, 0) is 24.6 Å². The molecule has 0 aliphatic heterocycles. The van der Waals surface area contributed by atoms with E-state index >= 15 is 0 Å². The number of esters is 1. The smallest absolute Gasteiger partial charge is 0.325 e. The van der Waals surface area contributed by atoms with Gasteiger partial charge in [0.2, 0.25) is 0 Å². The molecule has 0 aliphatic carbocycles. The van der Waals surface area contributed by atoms with Crippen LogP contribution in [-0.2, 0) is 16.1 Å². The SMILES string of the molecule is CCOc1ccccc1NC(=O)N(CC(=O)OC)Cc1ccccc1. The second-order valence-corrected chi connectivity index (χ2v) is 5.28. The summed E-state index contributed by atoms with van der Waals surface area (Å²) in [6, 6.07) is 16.2. The van der Waals surface area contributed by atoms with Crippen molar-refractivity contribution in [2.45, 2.75) is 13.5 Å². The first-order valence-electron chi connectivity index (χ1n) is 8.02. The van der Waals surface area contributed by atoms with Crippen LogP contribution in [0.4, 0.5) is 10.5 Å². The highest BCUT2D eigenvalue weighted by atomic mass is 16.5. The number of anilines is 1. The van der Waals surface area contributed by atoms with Gasteiger partial charge in [-0.25, -0.2) is 4.79 Å². The molecule has 25 heavy (non-hydrogen) atoms. The van der Waals surface area contributed by atoms with Gasteiger partial charge in [-0.3, -0.25) is 4.79 Å². The molecule has 0 unspecified atom stereocenters. The lowest BCUT2D eigenvalue weighted by molar-refractivity contribution is -0.141. The van der Waals surface area contributed by atoms with E-state index in [0.29, 0.717) is 24.6 Å². The number of methoxy groups -OCH3 is 1. The number of nitrogens with one attached hydrogen (secondary N) is 1. The van der Waals surface area contributed by atoms with Crippen molar-refractivity contribution in [2.75, 3.05) is 25.6 Å².